The first-order valence-corrected chi connectivity index (χ1v) is 6.69. The van der Waals surface area contributed by atoms with Gasteiger partial charge in [-0.3, -0.25) is 4.79 Å². The molecule has 0 saturated carbocycles. The van der Waals surface area contributed by atoms with Crippen LogP contribution in [0.4, 0.5) is 10.1 Å². The van der Waals surface area contributed by atoms with Crippen molar-refractivity contribution in [1.29, 1.82) is 0 Å². The molecule has 2 nitrogen and oxygen atoms in total. The number of hydrogen-bond acceptors (Lipinski definition) is 2. The van der Waals surface area contributed by atoms with Crippen molar-refractivity contribution >= 4 is 50.6 Å². The lowest BCUT2D eigenvalue weighted by Crippen LogP contribution is -2.07. The lowest BCUT2D eigenvalue weighted by Gasteiger charge is -2.07. The lowest BCUT2D eigenvalue weighted by atomic mass is 10.0. The zero-order valence-electron chi connectivity index (χ0n) is 9.38. The zero-order chi connectivity index (χ0) is 14.2. The van der Waals surface area contributed by atoms with Crippen molar-refractivity contribution in [3.8, 4) is 0 Å². The lowest BCUT2D eigenvalue weighted by molar-refractivity contribution is 0.103. The Morgan fingerprint density at radius 2 is 1.84 bits per heavy atom. The highest BCUT2D eigenvalue weighted by Crippen LogP contribution is 2.28. The van der Waals surface area contributed by atoms with Gasteiger partial charge in [0.25, 0.3) is 0 Å². The average molecular weight is 363 g/mol. The average Bonchev–Trinajstić information content (AvgIpc) is 2.33. The Bertz CT molecular complexity index is 676. The number of benzene rings is 2. The van der Waals surface area contributed by atoms with Crippen LogP contribution < -0.4 is 5.73 Å². The highest BCUT2D eigenvalue weighted by Gasteiger charge is 2.18. The van der Waals surface area contributed by atoms with E-state index in [2.05, 4.69) is 15.9 Å². The predicted molar refractivity (Wildman–Crippen MR) is 78.4 cm³/mol. The molecule has 2 aromatic carbocycles. The minimum absolute atomic E-state index is 0.137. The van der Waals surface area contributed by atoms with Crippen LogP contribution in [0.25, 0.3) is 0 Å². The number of rotatable bonds is 2. The van der Waals surface area contributed by atoms with Crippen molar-refractivity contribution in [2.24, 2.45) is 0 Å². The Hall–Kier alpha value is -1.10. The molecule has 0 bridgehead atoms. The molecule has 0 amide bonds. The van der Waals surface area contributed by atoms with Gasteiger partial charge in [-0.1, -0.05) is 23.2 Å². The van der Waals surface area contributed by atoms with Crippen LogP contribution in [-0.4, -0.2) is 5.78 Å². The second kappa shape index (κ2) is 5.49. The van der Waals surface area contributed by atoms with Crippen LogP contribution in [0, 0.1) is 5.82 Å². The van der Waals surface area contributed by atoms with Crippen LogP contribution in [0.1, 0.15) is 15.9 Å². The summed E-state index contributed by atoms with van der Waals surface area (Å²) in [5, 5.41) is 0.653. The van der Waals surface area contributed by atoms with Gasteiger partial charge in [-0.25, -0.2) is 4.39 Å². The molecule has 0 spiro atoms. The summed E-state index contributed by atoms with van der Waals surface area (Å²) < 4.78 is 14.2. The molecule has 2 N–H and O–H groups in total. The van der Waals surface area contributed by atoms with E-state index >= 15 is 0 Å². The van der Waals surface area contributed by atoms with E-state index in [4.69, 9.17) is 28.9 Å². The summed E-state index contributed by atoms with van der Waals surface area (Å²) in [6.45, 7) is 0. The third-order valence-electron chi connectivity index (χ3n) is 2.51. The fourth-order valence-electron chi connectivity index (χ4n) is 1.58. The number of hydrogen-bond donors (Lipinski definition) is 1. The summed E-state index contributed by atoms with van der Waals surface area (Å²) in [5.74, 6) is -1.21. The maximum Gasteiger partial charge on any atom is 0.198 e. The van der Waals surface area contributed by atoms with E-state index < -0.39 is 11.6 Å². The highest BCUT2D eigenvalue weighted by atomic mass is 79.9. The number of ketones is 1. The smallest absolute Gasteiger partial charge is 0.198 e. The first kappa shape index (κ1) is 14.3. The van der Waals surface area contributed by atoms with E-state index in [0.29, 0.717) is 9.50 Å². The SMILES string of the molecule is Nc1cc(Cl)ccc1C(=O)c1cc(Cl)c(Br)cc1F. The van der Waals surface area contributed by atoms with Gasteiger partial charge in [0.2, 0.25) is 0 Å². The van der Waals surface area contributed by atoms with Crippen LogP contribution in [0.5, 0.6) is 0 Å². The van der Waals surface area contributed by atoms with Gasteiger partial charge < -0.3 is 5.73 Å². The molecule has 0 heterocycles. The molecular weight excluding hydrogens is 356 g/mol. The summed E-state index contributed by atoms with van der Waals surface area (Å²) >= 11 is 14.7. The summed E-state index contributed by atoms with van der Waals surface area (Å²) in [7, 11) is 0. The third kappa shape index (κ3) is 2.91. The van der Waals surface area contributed by atoms with E-state index in [-0.39, 0.29) is 21.8 Å². The van der Waals surface area contributed by atoms with Gasteiger partial charge in [-0.2, -0.15) is 0 Å². The van der Waals surface area contributed by atoms with Gasteiger partial charge in [0.05, 0.1) is 10.6 Å². The second-order valence-corrected chi connectivity index (χ2v) is 5.50. The number of carbonyl (C=O) groups is 1. The topological polar surface area (TPSA) is 43.1 Å². The Labute approximate surface area is 127 Å². The Balaban J connectivity index is 2.53. The molecule has 0 atom stereocenters. The predicted octanol–water partition coefficient (Wildman–Crippen LogP) is 4.71. The quantitative estimate of drug-likeness (QED) is 0.477. The van der Waals surface area contributed by atoms with Gasteiger partial charge in [0, 0.05) is 20.7 Å². The molecule has 2 rings (SSSR count). The molecule has 6 heteroatoms. The van der Waals surface area contributed by atoms with E-state index in [1.165, 1.54) is 24.3 Å². The van der Waals surface area contributed by atoms with Crippen LogP contribution >= 0.6 is 39.1 Å². The Morgan fingerprint density at radius 3 is 2.47 bits per heavy atom. The third-order valence-corrected chi connectivity index (χ3v) is 3.94. The molecule has 98 valence electrons. The molecule has 0 saturated heterocycles. The van der Waals surface area contributed by atoms with Crippen molar-refractivity contribution in [3.05, 3.63) is 61.8 Å². The van der Waals surface area contributed by atoms with Crippen molar-refractivity contribution in [1.82, 2.24) is 0 Å². The highest BCUT2D eigenvalue weighted by molar-refractivity contribution is 9.10. The second-order valence-electron chi connectivity index (χ2n) is 3.81. The summed E-state index contributed by atoms with van der Waals surface area (Å²) in [5.41, 5.74) is 5.94. The number of nitrogen functional groups attached to an aromatic ring is 1. The van der Waals surface area contributed by atoms with Crippen LogP contribution in [0.2, 0.25) is 10.0 Å². The van der Waals surface area contributed by atoms with E-state index in [0.717, 1.165) is 6.07 Å². The fourth-order valence-corrected chi connectivity index (χ4v) is 2.24. The van der Waals surface area contributed by atoms with Gasteiger partial charge >= 0.3 is 0 Å². The summed E-state index contributed by atoms with van der Waals surface area (Å²) in [4.78, 5) is 12.2. The van der Waals surface area contributed by atoms with Crippen molar-refractivity contribution in [3.63, 3.8) is 0 Å². The number of anilines is 1. The van der Waals surface area contributed by atoms with Crippen LogP contribution in [0.15, 0.2) is 34.8 Å². The Morgan fingerprint density at radius 1 is 1.16 bits per heavy atom. The van der Waals surface area contributed by atoms with E-state index in [1.54, 1.807) is 0 Å². The maximum atomic E-state index is 13.8. The molecule has 0 unspecified atom stereocenters. The van der Waals surface area contributed by atoms with Crippen molar-refractivity contribution in [2.45, 2.75) is 0 Å². The normalized spacial score (nSPS) is 10.5. The van der Waals surface area contributed by atoms with E-state index in [9.17, 15) is 9.18 Å². The zero-order valence-corrected chi connectivity index (χ0v) is 12.5. The molecular formula is C13H7BrCl2FNO. The Kier molecular flexibility index (Phi) is 4.13. The first-order valence-electron chi connectivity index (χ1n) is 5.14. The minimum Gasteiger partial charge on any atom is -0.398 e. The van der Waals surface area contributed by atoms with Gasteiger partial charge in [-0.05, 0) is 46.3 Å². The molecule has 0 radical (unpaired) electrons. The maximum absolute atomic E-state index is 13.8. The van der Waals surface area contributed by atoms with Gasteiger partial charge in [0.1, 0.15) is 5.82 Å². The molecule has 0 aliphatic rings. The molecule has 2 aromatic rings. The molecule has 0 aliphatic carbocycles. The molecule has 0 fully saturated rings. The minimum atomic E-state index is -0.671. The van der Waals surface area contributed by atoms with Gasteiger partial charge in [0.15, 0.2) is 5.78 Å². The van der Waals surface area contributed by atoms with Crippen LogP contribution in [0.3, 0.4) is 0 Å². The number of nitrogens with two attached hydrogens (primary N) is 1. The fraction of sp³-hybridized carbons (Fsp3) is 0. The summed E-state index contributed by atoms with van der Waals surface area (Å²) in [6, 6.07) is 6.81. The molecule has 0 aliphatic heterocycles. The van der Waals surface area contributed by atoms with Crippen molar-refractivity contribution < 1.29 is 9.18 Å². The standard InChI is InChI=1S/C13H7BrCl2FNO/c14-9-5-11(17)8(4-10(9)16)13(19)7-2-1-6(15)3-12(7)18/h1-5H,18H2. The molecule has 0 aromatic heterocycles. The largest absolute Gasteiger partial charge is 0.398 e. The summed E-state index contributed by atoms with van der Waals surface area (Å²) in [6.07, 6.45) is 0. The van der Waals surface area contributed by atoms with Crippen molar-refractivity contribution in [2.75, 3.05) is 5.73 Å². The molecule has 19 heavy (non-hydrogen) atoms. The number of halogens is 4. The van der Waals surface area contributed by atoms with E-state index in [1.807, 2.05) is 0 Å². The number of carbonyl (C=O) groups excluding carboxylic acids is 1. The van der Waals surface area contributed by atoms with Gasteiger partial charge in [-0.15, -0.1) is 0 Å². The van der Waals surface area contributed by atoms with Crippen LogP contribution in [-0.2, 0) is 0 Å². The monoisotopic (exact) mass is 361 g/mol. The first-order chi connectivity index (χ1) is 8.90.